The lowest BCUT2D eigenvalue weighted by atomic mass is 10.2. The zero-order valence-electron chi connectivity index (χ0n) is 7.28. The molecular formula is C9H6BrNO3. The van der Waals surface area contributed by atoms with Crippen molar-refractivity contribution in [2.75, 3.05) is 0 Å². The van der Waals surface area contributed by atoms with Gasteiger partial charge in [0.2, 0.25) is 5.58 Å². The molecule has 2 rings (SSSR count). The van der Waals surface area contributed by atoms with Gasteiger partial charge in [0.25, 0.3) is 0 Å². The highest BCUT2D eigenvalue weighted by molar-refractivity contribution is 9.10. The third kappa shape index (κ3) is 1.29. The van der Waals surface area contributed by atoms with Gasteiger partial charge in [-0.3, -0.25) is 10.1 Å². The van der Waals surface area contributed by atoms with Crippen molar-refractivity contribution in [3.63, 3.8) is 0 Å². The van der Waals surface area contributed by atoms with Crippen LogP contribution in [0, 0.1) is 17.0 Å². The summed E-state index contributed by atoms with van der Waals surface area (Å²) in [4.78, 5) is 10.3. The molecular weight excluding hydrogens is 250 g/mol. The van der Waals surface area contributed by atoms with Crippen LogP contribution in [0.1, 0.15) is 5.56 Å². The Morgan fingerprint density at radius 2 is 2.21 bits per heavy atom. The van der Waals surface area contributed by atoms with Crippen LogP contribution in [0.15, 0.2) is 27.3 Å². The Morgan fingerprint density at radius 1 is 1.50 bits per heavy atom. The number of benzene rings is 1. The largest absolute Gasteiger partial charge is 0.457 e. The summed E-state index contributed by atoms with van der Waals surface area (Å²) in [5, 5.41) is 11.5. The first-order chi connectivity index (χ1) is 6.59. The molecule has 0 aliphatic carbocycles. The van der Waals surface area contributed by atoms with E-state index in [4.69, 9.17) is 4.42 Å². The molecule has 0 saturated heterocycles. The number of furan rings is 1. The van der Waals surface area contributed by atoms with Crippen molar-refractivity contribution in [3.05, 3.63) is 38.5 Å². The molecule has 0 fully saturated rings. The minimum atomic E-state index is -0.448. The summed E-state index contributed by atoms with van der Waals surface area (Å²) in [7, 11) is 0. The molecule has 2 aromatic rings. The van der Waals surface area contributed by atoms with Gasteiger partial charge in [-0.25, -0.2) is 0 Å². The van der Waals surface area contributed by atoms with E-state index in [0.29, 0.717) is 10.1 Å². The predicted molar refractivity (Wildman–Crippen MR) is 55.3 cm³/mol. The number of rotatable bonds is 1. The quantitative estimate of drug-likeness (QED) is 0.580. The zero-order valence-corrected chi connectivity index (χ0v) is 8.87. The molecule has 0 bridgehead atoms. The van der Waals surface area contributed by atoms with Gasteiger partial charge in [-0.05, 0) is 18.6 Å². The number of hydrogen-bond acceptors (Lipinski definition) is 3. The van der Waals surface area contributed by atoms with E-state index in [1.54, 1.807) is 6.07 Å². The van der Waals surface area contributed by atoms with Crippen LogP contribution in [0.5, 0.6) is 0 Å². The summed E-state index contributed by atoms with van der Waals surface area (Å²) in [6.07, 6.45) is 1.52. The molecule has 14 heavy (non-hydrogen) atoms. The van der Waals surface area contributed by atoms with Gasteiger partial charge in [0.15, 0.2) is 0 Å². The van der Waals surface area contributed by atoms with Gasteiger partial charge in [-0.1, -0.05) is 15.9 Å². The molecule has 72 valence electrons. The lowest BCUT2D eigenvalue weighted by molar-refractivity contribution is -0.383. The Balaban J connectivity index is 2.88. The average molecular weight is 256 g/mol. The smallest absolute Gasteiger partial charge is 0.313 e. The Labute approximate surface area is 87.8 Å². The van der Waals surface area contributed by atoms with Crippen LogP contribution >= 0.6 is 15.9 Å². The predicted octanol–water partition coefficient (Wildman–Crippen LogP) is 3.41. The standard InChI is InChI=1S/C9H6BrNO3/c1-5-4-14-9-7(5)2-6(10)3-8(9)11(12)13/h2-4H,1H3. The second-order valence-electron chi connectivity index (χ2n) is 2.98. The third-order valence-corrected chi connectivity index (χ3v) is 2.47. The second-order valence-corrected chi connectivity index (χ2v) is 3.89. The summed E-state index contributed by atoms with van der Waals surface area (Å²) in [5.41, 5.74) is 1.21. The van der Waals surface area contributed by atoms with Crippen LogP contribution in [-0.2, 0) is 0 Å². The number of aryl methyl sites for hydroxylation is 1. The Kier molecular flexibility index (Phi) is 2.03. The highest BCUT2D eigenvalue weighted by Gasteiger charge is 2.17. The molecule has 5 heteroatoms. The number of nitro groups is 1. The maximum Gasteiger partial charge on any atom is 0.313 e. The normalized spacial score (nSPS) is 10.7. The maximum atomic E-state index is 10.7. The molecule has 0 amide bonds. The first-order valence-corrected chi connectivity index (χ1v) is 4.70. The summed E-state index contributed by atoms with van der Waals surface area (Å²) >= 11 is 3.22. The summed E-state index contributed by atoms with van der Waals surface area (Å²) in [6.45, 7) is 1.85. The first kappa shape index (κ1) is 9.21. The van der Waals surface area contributed by atoms with Crippen LogP contribution in [0.3, 0.4) is 0 Å². The van der Waals surface area contributed by atoms with Crippen molar-refractivity contribution in [3.8, 4) is 0 Å². The second kappa shape index (κ2) is 3.09. The van der Waals surface area contributed by atoms with Gasteiger partial charge in [0.1, 0.15) is 0 Å². The van der Waals surface area contributed by atoms with E-state index >= 15 is 0 Å². The van der Waals surface area contributed by atoms with E-state index in [0.717, 1.165) is 10.9 Å². The average Bonchev–Trinajstić information content (AvgIpc) is 2.47. The van der Waals surface area contributed by atoms with Gasteiger partial charge >= 0.3 is 5.69 Å². The zero-order chi connectivity index (χ0) is 10.3. The molecule has 0 saturated carbocycles. The SMILES string of the molecule is Cc1coc2c([N+](=O)[O-])cc(Br)cc12. The summed E-state index contributed by atoms with van der Waals surface area (Å²) in [5.74, 6) is 0. The lowest BCUT2D eigenvalue weighted by Crippen LogP contribution is -1.88. The lowest BCUT2D eigenvalue weighted by Gasteiger charge is -1.94. The van der Waals surface area contributed by atoms with Crippen LogP contribution in [-0.4, -0.2) is 4.92 Å². The number of non-ortho nitro benzene ring substituents is 1. The molecule has 0 aliphatic heterocycles. The maximum absolute atomic E-state index is 10.7. The van der Waals surface area contributed by atoms with Crippen molar-refractivity contribution in [2.45, 2.75) is 6.92 Å². The van der Waals surface area contributed by atoms with E-state index in [-0.39, 0.29) is 5.69 Å². The van der Waals surface area contributed by atoms with E-state index in [9.17, 15) is 10.1 Å². The molecule has 1 aromatic carbocycles. The van der Waals surface area contributed by atoms with Crippen LogP contribution in [0.4, 0.5) is 5.69 Å². The molecule has 1 heterocycles. The van der Waals surface area contributed by atoms with Crippen molar-refractivity contribution < 1.29 is 9.34 Å². The fourth-order valence-corrected chi connectivity index (χ4v) is 1.79. The molecule has 0 N–H and O–H groups in total. The fourth-order valence-electron chi connectivity index (χ4n) is 1.34. The van der Waals surface area contributed by atoms with E-state index in [1.165, 1.54) is 12.3 Å². The number of nitro benzene ring substituents is 1. The van der Waals surface area contributed by atoms with Gasteiger partial charge in [-0.2, -0.15) is 0 Å². The van der Waals surface area contributed by atoms with Crippen molar-refractivity contribution in [2.24, 2.45) is 0 Å². The van der Waals surface area contributed by atoms with E-state index in [2.05, 4.69) is 15.9 Å². The minimum absolute atomic E-state index is 0.0116. The highest BCUT2D eigenvalue weighted by Crippen LogP contribution is 2.32. The molecule has 0 spiro atoms. The van der Waals surface area contributed by atoms with Gasteiger partial charge in [0.05, 0.1) is 11.2 Å². The molecule has 1 aromatic heterocycles. The molecule has 0 radical (unpaired) electrons. The number of hydrogen-bond donors (Lipinski definition) is 0. The topological polar surface area (TPSA) is 56.3 Å². The molecule has 4 nitrogen and oxygen atoms in total. The number of nitrogens with zero attached hydrogens (tertiary/aromatic N) is 1. The Bertz CT molecular complexity index is 518. The van der Waals surface area contributed by atoms with E-state index < -0.39 is 4.92 Å². The van der Waals surface area contributed by atoms with Crippen LogP contribution in [0.25, 0.3) is 11.0 Å². The molecule has 0 aliphatic rings. The van der Waals surface area contributed by atoms with Crippen LogP contribution in [0.2, 0.25) is 0 Å². The molecule has 0 atom stereocenters. The van der Waals surface area contributed by atoms with Crippen molar-refractivity contribution in [1.82, 2.24) is 0 Å². The monoisotopic (exact) mass is 255 g/mol. The van der Waals surface area contributed by atoms with Gasteiger partial charge in [-0.15, -0.1) is 0 Å². The third-order valence-electron chi connectivity index (χ3n) is 2.01. The van der Waals surface area contributed by atoms with E-state index in [1.807, 2.05) is 6.92 Å². The fraction of sp³-hybridized carbons (Fsp3) is 0.111. The van der Waals surface area contributed by atoms with Gasteiger partial charge < -0.3 is 4.42 Å². The Morgan fingerprint density at radius 3 is 2.86 bits per heavy atom. The highest BCUT2D eigenvalue weighted by atomic mass is 79.9. The van der Waals surface area contributed by atoms with Crippen molar-refractivity contribution >= 4 is 32.6 Å². The number of fused-ring (bicyclic) bond motifs is 1. The number of halogens is 1. The van der Waals surface area contributed by atoms with Crippen LogP contribution < -0.4 is 0 Å². The minimum Gasteiger partial charge on any atom is -0.457 e. The molecule has 0 unspecified atom stereocenters. The summed E-state index contributed by atoms with van der Waals surface area (Å²) < 4.78 is 5.82. The van der Waals surface area contributed by atoms with Gasteiger partial charge in [0, 0.05) is 15.9 Å². The Hall–Kier alpha value is -1.36. The summed E-state index contributed by atoms with van der Waals surface area (Å²) in [6, 6.07) is 3.24. The first-order valence-electron chi connectivity index (χ1n) is 3.91. The van der Waals surface area contributed by atoms with Crippen molar-refractivity contribution in [1.29, 1.82) is 0 Å².